The van der Waals surface area contributed by atoms with Crippen molar-refractivity contribution < 1.29 is 9.18 Å². The van der Waals surface area contributed by atoms with E-state index in [4.69, 9.17) is 0 Å². The van der Waals surface area contributed by atoms with Gasteiger partial charge in [-0.3, -0.25) is 9.36 Å². The predicted molar refractivity (Wildman–Crippen MR) is 143 cm³/mol. The molecule has 0 fully saturated rings. The molecule has 0 aliphatic heterocycles. The van der Waals surface area contributed by atoms with Crippen LogP contribution in [0, 0.1) is 5.82 Å². The maximum atomic E-state index is 12.9. The summed E-state index contributed by atoms with van der Waals surface area (Å²) in [6.45, 7) is 6.34. The Labute approximate surface area is 209 Å². The number of anilines is 2. The number of nitrogens with one attached hydrogen (secondary N) is 2. The number of halogens is 1. The molecule has 0 saturated heterocycles. The van der Waals surface area contributed by atoms with E-state index in [-0.39, 0.29) is 11.2 Å². The molecule has 2 heterocycles. The lowest BCUT2D eigenvalue weighted by atomic mass is 9.92. The topological polar surface area (TPSA) is 76.8 Å². The Morgan fingerprint density at radius 1 is 0.917 bits per heavy atom. The number of amides is 1. The fraction of sp³-hybridized carbons (Fsp3) is 0.179. The molecule has 1 amide bonds. The minimum atomic E-state index is -0.243. The quantitative estimate of drug-likeness (QED) is 0.303. The molecule has 7 nitrogen and oxygen atoms in total. The number of hydrogen-bond donors (Lipinski definition) is 2. The number of rotatable bonds is 5. The van der Waals surface area contributed by atoms with Gasteiger partial charge >= 0.3 is 0 Å². The highest BCUT2D eigenvalue weighted by molar-refractivity contribution is 5.77. The number of fused-ring (bicyclic) bond motifs is 1. The third-order valence-electron chi connectivity index (χ3n) is 5.63. The lowest BCUT2D eigenvalue weighted by Crippen LogP contribution is -2.12. The van der Waals surface area contributed by atoms with Crippen LogP contribution in [0.15, 0.2) is 85.2 Å². The Hall–Kier alpha value is -4.46. The maximum absolute atomic E-state index is 12.9. The number of nitrogens with zero attached hydrogens (tertiary/aromatic N) is 4. The molecule has 184 valence electrons. The van der Waals surface area contributed by atoms with Crippen LogP contribution in [0.4, 0.5) is 15.9 Å². The van der Waals surface area contributed by atoms with E-state index in [1.165, 1.54) is 12.1 Å². The smallest absolute Gasteiger partial charge is 0.211 e. The highest BCUT2D eigenvalue weighted by Gasteiger charge is 2.20. The molecule has 0 bridgehead atoms. The first kappa shape index (κ1) is 24.7. The number of benzene rings is 3. The SMILES string of the molecule is CNc1cc(C(C)(C)C)nn1-c1ccc(F)cc1.O=CNc1ccc(-n2cnc3ccccc32)cc1. The highest BCUT2D eigenvalue weighted by atomic mass is 19.1. The average Bonchev–Trinajstić information content (AvgIpc) is 3.51. The maximum Gasteiger partial charge on any atom is 0.211 e. The molecule has 5 aromatic rings. The van der Waals surface area contributed by atoms with Crippen LogP contribution in [0.2, 0.25) is 0 Å². The van der Waals surface area contributed by atoms with E-state index in [1.807, 2.05) is 66.2 Å². The first-order valence-corrected chi connectivity index (χ1v) is 11.6. The predicted octanol–water partition coefficient (Wildman–Crippen LogP) is 5.94. The van der Waals surface area contributed by atoms with Gasteiger partial charge in [-0.1, -0.05) is 32.9 Å². The van der Waals surface area contributed by atoms with Gasteiger partial charge in [0.25, 0.3) is 0 Å². The van der Waals surface area contributed by atoms with Gasteiger partial charge in [0.1, 0.15) is 18.0 Å². The normalized spacial score (nSPS) is 11.0. The monoisotopic (exact) mass is 484 g/mol. The molecular weight excluding hydrogens is 455 g/mol. The number of imidazole rings is 1. The van der Waals surface area contributed by atoms with Gasteiger partial charge in [0, 0.05) is 29.9 Å². The zero-order chi connectivity index (χ0) is 25.7. The Morgan fingerprint density at radius 3 is 2.22 bits per heavy atom. The van der Waals surface area contributed by atoms with Gasteiger partial charge in [-0.25, -0.2) is 14.1 Å². The molecule has 0 spiro atoms. The third-order valence-corrected chi connectivity index (χ3v) is 5.63. The van der Waals surface area contributed by atoms with Crippen molar-refractivity contribution in [1.29, 1.82) is 0 Å². The molecule has 0 aliphatic carbocycles. The first-order valence-electron chi connectivity index (χ1n) is 11.6. The van der Waals surface area contributed by atoms with E-state index >= 15 is 0 Å². The number of para-hydroxylation sites is 2. The third kappa shape index (κ3) is 5.43. The van der Waals surface area contributed by atoms with Crippen molar-refractivity contribution in [2.75, 3.05) is 17.7 Å². The Morgan fingerprint density at radius 2 is 1.58 bits per heavy atom. The van der Waals surface area contributed by atoms with Crippen LogP contribution in [-0.4, -0.2) is 32.8 Å². The molecule has 5 rings (SSSR count). The summed E-state index contributed by atoms with van der Waals surface area (Å²) < 4.78 is 16.7. The van der Waals surface area contributed by atoms with Crippen molar-refractivity contribution in [2.45, 2.75) is 26.2 Å². The first-order chi connectivity index (χ1) is 17.3. The summed E-state index contributed by atoms with van der Waals surface area (Å²) >= 11 is 0. The minimum Gasteiger partial charge on any atom is -0.373 e. The molecule has 0 atom stereocenters. The van der Waals surface area contributed by atoms with E-state index in [2.05, 4.69) is 41.5 Å². The lowest BCUT2D eigenvalue weighted by Gasteiger charge is -2.14. The molecule has 3 aromatic carbocycles. The summed E-state index contributed by atoms with van der Waals surface area (Å²) in [5.41, 5.74) is 5.64. The zero-order valence-corrected chi connectivity index (χ0v) is 20.7. The van der Waals surface area contributed by atoms with Gasteiger partial charge in [-0.2, -0.15) is 5.10 Å². The van der Waals surface area contributed by atoms with E-state index < -0.39 is 0 Å². The molecular formula is C28H29FN6O. The molecule has 0 aliphatic rings. The van der Waals surface area contributed by atoms with Gasteiger partial charge < -0.3 is 10.6 Å². The second-order valence-corrected chi connectivity index (χ2v) is 9.22. The fourth-order valence-electron chi connectivity index (χ4n) is 3.66. The van der Waals surface area contributed by atoms with Gasteiger partial charge in [-0.05, 0) is 60.7 Å². The second-order valence-electron chi connectivity index (χ2n) is 9.22. The van der Waals surface area contributed by atoms with Crippen LogP contribution in [0.5, 0.6) is 0 Å². The van der Waals surface area contributed by atoms with Gasteiger partial charge in [-0.15, -0.1) is 0 Å². The van der Waals surface area contributed by atoms with Crippen LogP contribution in [-0.2, 0) is 10.2 Å². The van der Waals surface area contributed by atoms with Crippen LogP contribution >= 0.6 is 0 Å². The number of aromatic nitrogens is 4. The standard InChI is InChI=1S/C14H18FN3.C14H11N3O/c1-14(2,3)12-9-13(16-4)18(17-12)11-7-5-10(15)6-8-11;18-10-16-11-5-7-12(8-6-11)17-9-15-13-3-1-2-4-14(13)17/h5-9,16H,1-4H3;1-10H,(H,16,18). The van der Waals surface area contributed by atoms with E-state index in [9.17, 15) is 9.18 Å². The van der Waals surface area contributed by atoms with E-state index in [0.29, 0.717) is 6.41 Å². The largest absolute Gasteiger partial charge is 0.373 e. The van der Waals surface area contributed by atoms with Crippen LogP contribution in [0.25, 0.3) is 22.4 Å². The number of hydrogen-bond acceptors (Lipinski definition) is 4. The van der Waals surface area contributed by atoms with Gasteiger partial charge in [0.2, 0.25) is 6.41 Å². The van der Waals surface area contributed by atoms with E-state index in [1.54, 1.807) is 23.1 Å². The molecule has 2 N–H and O–H groups in total. The van der Waals surface area contributed by atoms with E-state index in [0.717, 1.165) is 39.6 Å². The van der Waals surface area contributed by atoms with Crippen LogP contribution in [0.3, 0.4) is 0 Å². The van der Waals surface area contributed by atoms with Crippen LogP contribution < -0.4 is 10.6 Å². The van der Waals surface area contributed by atoms with Crippen molar-refractivity contribution in [3.8, 4) is 11.4 Å². The zero-order valence-electron chi connectivity index (χ0n) is 20.7. The lowest BCUT2D eigenvalue weighted by molar-refractivity contribution is -0.105. The minimum absolute atomic E-state index is 0.0170. The molecule has 0 saturated carbocycles. The number of carbonyl (C=O) groups excluding carboxylic acids is 1. The second kappa shape index (κ2) is 10.4. The van der Waals surface area contributed by atoms with Crippen molar-refractivity contribution >= 4 is 28.9 Å². The summed E-state index contributed by atoms with van der Waals surface area (Å²) in [5.74, 6) is 0.652. The Bertz CT molecular complexity index is 1450. The highest BCUT2D eigenvalue weighted by Crippen LogP contribution is 2.26. The van der Waals surface area contributed by atoms with Crippen molar-refractivity contribution in [3.63, 3.8) is 0 Å². The van der Waals surface area contributed by atoms with Crippen molar-refractivity contribution in [2.24, 2.45) is 0 Å². The molecule has 0 radical (unpaired) electrons. The fourth-order valence-corrected chi connectivity index (χ4v) is 3.66. The summed E-state index contributed by atoms with van der Waals surface area (Å²) in [4.78, 5) is 14.7. The molecule has 0 unspecified atom stereocenters. The van der Waals surface area contributed by atoms with Crippen LogP contribution in [0.1, 0.15) is 26.5 Å². The van der Waals surface area contributed by atoms with Crippen molar-refractivity contribution in [1.82, 2.24) is 19.3 Å². The van der Waals surface area contributed by atoms with Crippen molar-refractivity contribution in [3.05, 3.63) is 96.7 Å². The summed E-state index contributed by atoms with van der Waals surface area (Å²) in [6.07, 6.45) is 2.47. The summed E-state index contributed by atoms with van der Waals surface area (Å²) in [7, 11) is 1.85. The van der Waals surface area contributed by atoms with Gasteiger partial charge in [0.15, 0.2) is 0 Å². The van der Waals surface area contributed by atoms with Gasteiger partial charge in [0.05, 0.1) is 22.4 Å². The Kier molecular flexibility index (Phi) is 7.15. The molecule has 2 aromatic heterocycles. The molecule has 36 heavy (non-hydrogen) atoms. The molecule has 8 heteroatoms. The summed E-state index contributed by atoms with van der Waals surface area (Å²) in [5, 5.41) is 10.3. The average molecular weight is 485 g/mol. The Balaban J connectivity index is 0.000000169. The summed E-state index contributed by atoms with van der Waals surface area (Å²) in [6, 6.07) is 23.9. The number of carbonyl (C=O) groups is 1.